The summed E-state index contributed by atoms with van der Waals surface area (Å²) in [6.07, 6.45) is 0.889. The molecule has 7 nitrogen and oxygen atoms in total. The molecule has 0 atom stereocenters. The molecule has 0 bridgehead atoms. The number of carbonyl (C=O) groups is 2. The number of rotatable bonds is 8. The minimum atomic E-state index is -0.133. The zero-order valence-corrected chi connectivity index (χ0v) is 15.1. The first-order chi connectivity index (χ1) is 12.1. The lowest BCUT2D eigenvalue weighted by Crippen LogP contribution is -3.16. The normalized spacial score (nSPS) is 14.9. The SMILES string of the molecule is CCCNC(=O)CNC(=O)C[NH+]1CCN(c2ccccc2OC)CC1. The van der Waals surface area contributed by atoms with Crippen LogP contribution in [0.25, 0.3) is 0 Å². The number of benzene rings is 1. The number of hydrogen-bond acceptors (Lipinski definition) is 4. The number of hydrogen-bond donors (Lipinski definition) is 3. The zero-order valence-electron chi connectivity index (χ0n) is 15.1. The van der Waals surface area contributed by atoms with Crippen molar-refractivity contribution < 1.29 is 19.2 Å². The minimum Gasteiger partial charge on any atom is -0.495 e. The van der Waals surface area contributed by atoms with Crippen molar-refractivity contribution >= 4 is 17.5 Å². The van der Waals surface area contributed by atoms with E-state index in [1.54, 1.807) is 7.11 Å². The van der Waals surface area contributed by atoms with Gasteiger partial charge in [-0.05, 0) is 18.6 Å². The minimum absolute atomic E-state index is 0.0550. The van der Waals surface area contributed by atoms with Gasteiger partial charge in [0.2, 0.25) is 5.91 Å². The fraction of sp³-hybridized carbons (Fsp3) is 0.556. The molecular formula is C18H29N4O3+. The van der Waals surface area contributed by atoms with Gasteiger partial charge in [0, 0.05) is 6.54 Å². The third-order valence-corrected chi connectivity index (χ3v) is 4.33. The third kappa shape index (κ3) is 5.94. The summed E-state index contributed by atoms with van der Waals surface area (Å²) in [6.45, 7) is 6.61. The van der Waals surface area contributed by atoms with Crippen molar-refractivity contribution in [3.63, 3.8) is 0 Å². The van der Waals surface area contributed by atoms with Crippen molar-refractivity contribution in [1.82, 2.24) is 10.6 Å². The number of ether oxygens (including phenoxy) is 1. The second-order valence-electron chi connectivity index (χ2n) is 6.21. The van der Waals surface area contributed by atoms with E-state index in [4.69, 9.17) is 4.74 Å². The number of carbonyl (C=O) groups excluding carboxylic acids is 2. The molecule has 1 aromatic carbocycles. The lowest BCUT2D eigenvalue weighted by atomic mass is 10.2. The fourth-order valence-electron chi connectivity index (χ4n) is 2.93. The molecule has 25 heavy (non-hydrogen) atoms. The Kier molecular flexibility index (Phi) is 7.53. The molecule has 0 saturated carbocycles. The Morgan fingerprint density at radius 3 is 2.56 bits per heavy atom. The molecule has 2 rings (SSSR count). The van der Waals surface area contributed by atoms with Crippen molar-refractivity contribution in [3.05, 3.63) is 24.3 Å². The second-order valence-corrected chi connectivity index (χ2v) is 6.21. The van der Waals surface area contributed by atoms with Crippen molar-refractivity contribution in [2.75, 3.05) is 57.8 Å². The molecule has 0 unspecified atom stereocenters. The Morgan fingerprint density at radius 2 is 1.88 bits per heavy atom. The van der Waals surface area contributed by atoms with Crippen LogP contribution in [0, 0.1) is 0 Å². The maximum absolute atomic E-state index is 12.0. The van der Waals surface area contributed by atoms with E-state index in [1.165, 1.54) is 4.90 Å². The molecule has 1 aliphatic heterocycles. The van der Waals surface area contributed by atoms with Crippen LogP contribution < -0.4 is 25.2 Å². The van der Waals surface area contributed by atoms with E-state index >= 15 is 0 Å². The van der Waals surface area contributed by atoms with E-state index < -0.39 is 0 Å². The molecule has 0 spiro atoms. The number of nitrogens with one attached hydrogen (secondary N) is 3. The van der Waals surface area contributed by atoms with Gasteiger partial charge in [0.15, 0.2) is 6.54 Å². The predicted molar refractivity (Wildman–Crippen MR) is 97.1 cm³/mol. The summed E-state index contributed by atoms with van der Waals surface area (Å²) in [7, 11) is 1.68. The van der Waals surface area contributed by atoms with Crippen LogP contribution in [0.15, 0.2) is 24.3 Å². The van der Waals surface area contributed by atoms with Gasteiger partial charge in [0.25, 0.3) is 5.91 Å². The van der Waals surface area contributed by atoms with E-state index in [0.717, 1.165) is 44.0 Å². The number of anilines is 1. The highest BCUT2D eigenvalue weighted by molar-refractivity contribution is 5.85. The molecule has 1 heterocycles. The lowest BCUT2D eigenvalue weighted by Gasteiger charge is -2.34. The smallest absolute Gasteiger partial charge is 0.275 e. The van der Waals surface area contributed by atoms with Gasteiger partial charge in [-0.1, -0.05) is 19.1 Å². The van der Waals surface area contributed by atoms with Crippen LogP contribution >= 0.6 is 0 Å². The number of methoxy groups -OCH3 is 1. The number of quaternary nitrogens is 1. The van der Waals surface area contributed by atoms with Gasteiger partial charge in [-0.3, -0.25) is 9.59 Å². The van der Waals surface area contributed by atoms with Gasteiger partial charge in [-0.2, -0.15) is 0 Å². The summed E-state index contributed by atoms with van der Waals surface area (Å²) in [5.41, 5.74) is 1.10. The summed E-state index contributed by atoms with van der Waals surface area (Å²) in [6, 6.07) is 8.00. The first-order valence-corrected chi connectivity index (χ1v) is 8.89. The van der Waals surface area contributed by atoms with Crippen LogP contribution in [0.5, 0.6) is 5.75 Å². The van der Waals surface area contributed by atoms with Crippen LogP contribution in [0.3, 0.4) is 0 Å². The zero-order chi connectivity index (χ0) is 18.1. The summed E-state index contributed by atoms with van der Waals surface area (Å²) in [5.74, 6) is 0.667. The molecule has 2 amide bonds. The molecule has 1 aromatic rings. The first kappa shape index (κ1) is 19.1. The Balaban J connectivity index is 1.73. The van der Waals surface area contributed by atoms with Crippen LogP contribution in [0.4, 0.5) is 5.69 Å². The van der Waals surface area contributed by atoms with Crippen molar-refractivity contribution in [2.24, 2.45) is 0 Å². The largest absolute Gasteiger partial charge is 0.495 e. The predicted octanol–water partition coefficient (Wildman–Crippen LogP) is -0.957. The van der Waals surface area contributed by atoms with Gasteiger partial charge >= 0.3 is 0 Å². The second kappa shape index (κ2) is 9.88. The van der Waals surface area contributed by atoms with Crippen LogP contribution in [0.2, 0.25) is 0 Å². The van der Waals surface area contributed by atoms with E-state index in [-0.39, 0.29) is 18.4 Å². The van der Waals surface area contributed by atoms with Gasteiger partial charge in [0.1, 0.15) is 5.75 Å². The van der Waals surface area contributed by atoms with Crippen molar-refractivity contribution in [1.29, 1.82) is 0 Å². The quantitative estimate of drug-likeness (QED) is 0.565. The van der Waals surface area contributed by atoms with E-state index in [9.17, 15) is 9.59 Å². The van der Waals surface area contributed by atoms with Gasteiger partial charge in [0.05, 0.1) is 45.5 Å². The number of para-hydroxylation sites is 2. The number of piperazine rings is 1. The maximum atomic E-state index is 12.0. The average Bonchev–Trinajstić information content (AvgIpc) is 2.65. The monoisotopic (exact) mass is 349 g/mol. The topological polar surface area (TPSA) is 75.1 Å². The highest BCUT2D eigenvalue weighted by atomic mass is 16.5. The summed E-state index contributed by atoms with van der Waals surface area (Å²) >= 11 is 0. The van der Waals surface area contributed by atoms with Gasteiger partial charge < -0.3 is 25.2 Å². The van der Waals surface area contributed by atoms with E-state index in [1.807, 2.05) is 25.1 Å². The Labute approximate surface area is 149 Å². The molecule has 7 heteroatoms. The maximum Gasteiger partial charge on any atom is 0.275 e. The molecular weight excluding hydrogens is 320 g/mol. The number of amides is 2. The van der Waals surface area contributed by atoms with E-state index in [2.05, 4.69) is 21.6 Å². The van der Waals surface area contributed by atoms with Crippen molar-refractivity contribution in [3.8, 4) is 5.75 Å². The Morgan fingerprint density at radius 1 is 1.16 bits per heavy atom. The third-order valence-electron chi connectivity index (χ3n) is 4.33. The van der Waals surface area contributed by atoms with Crippen LogP contribution in [-0.4, -0.2) is 64.7 Å². The van der Waals surface area contributed by atoms with Crippen LogP contribution in [-0.2, 0) is 9.59 Å². The molecule has 3 N–H and O–H groups in total. The number of nitrogens with zero attached hydrogens (tertiary/aromatic N) is 1. The highest BCUT2D eigenvalue weighted by Crippen LogP contribution is 2.27. The standard InChI is InChI=1S/C18H28N4O3/c1-3-8-19-17(23)13-20-18(24)14-21-9-11-22(12-10-21)15-6-4-5-7-16(15)25-2/h4-7H,3,8-14H2,1-2H3,(H,19,23)(H,20,24)/p+1. The van der Waals surface area contributed by atoms with E-state index in [0.29, 0.717) is 13.1 Å². The highest BCUT2D eigenvalue weighted by Gasteiger charge is 2.23. The fourth-order valence-corrected chi connectivity index (χ4v) is 2.93. The summed E-state index contributed by atoms with van der Waals surface area (Å²) < 4.78 is 5.42. The van der Waals surface area contributed by atoms with Crippen LogP contribution in [0.1, 0.15) is 13.3 Å². The Bertz CT molecular complexity index is 571. The van der Waals surface area contributed by atoms with Gasteiger partial charge in [-0.25, -0.2) is 0 Å². The molecule has 138 valence electrons. The molecule has 0 aliphatic carbocycles. The molecule has 0 aromatic heterocycles. The molecule has 1 aliphatic rings. The summed E-state index contributed by atoms with van der Waals surface area (Å²) in [4.78, 5) is 27.0. The molecule has 0 radical (unpaired) electrons. The first-order valence-electron chi connectivity index (χ1n) is 8.89. The summed E-state index contributed by atoms with van der Waals surface area (Å²) in [5, 5.41) is 5.44. The molecule has 1 saturated heterocycles. The molecule has 1 fully saturated rings. The average molecular weight is 349 g/mol. The Hall–Kier alpha value is -2.28. The van der Waals surface area contributed by atoms with Gasteiger partial charge in [-0.15, -0.1) is 0 Å². The van der Waals surface area contributed by atoms with Crippen molar-refractivity contribution in [2.45, 2.75) is 13.3 Å². The lowest BCUT2D eigenvalue weighted by molar-refractivity contribution is -0.892.